The van der Waals surface area contributed by atoms with Gasteiger partial charge in [0.2, 0.25) is 5.91 Å². The summed E-state index contributed by atoms with van der Waals surface area (Å²) in [6.07, 6.45) is 6.63. The van der Waals surface area contributed by atoms with Crippen molar-refractivity contribution in [2.45, 2.75) is 6.54 Å². The van der Waals surface area contributed by atoms with Gasteiger partial charge in [-0.1, -0.05) is 12.1 Å². The number of benzene rings is 1. The smallest absolute Gasteiger partial charge is 0.246 e. The number of nitrogen functional groups attached to an aromatic ring is 1. The number of halogens is 1. The molecule has 0 bridgehead atoms. The number of anilines is 1. The van der Waals surface area contributed by atoms with Gasteiger partial charge in [-0.25, -0.2) is 9.37 Å². The molecule has 0 aliphatic heterocycles. The molecule has 25 heavy (non-hydrogen) atoms. The molecule has 2 N–H and O–H groups in total. The number of carbonyl (C=O) groups is 1. The third-order valence-electron chi connectivity index (χ3n) is 4.05. The highest BCUT2D eigenvalue weighted by Gasteiger charge is 2.13. The molecule has 0 aliphatic carbocycles. The highest BCUT2D eigenvalue weighted by molar-refractivity contribution is 5.92. The van der Waals surface area contributed by atoms with Crippen molar-refractivity contribution in [3.05, 3.63) is 65.7 Å². The second-order valence-electron chi connectivity index (χ2n) is 5.95. The van der Waals surface area contributed by atoms with Gasteiger partial charge in [0.05, 0.1) is 5.52 Å². The Kier molecular flexibility index (Phi) is 4.52. The zero-order valence-corrected chi connectivity index (χ0v) is 14.1. The third kappa shape index (κ3) is 3.52. The summed E-state index contributed by atoms with van der Waals surface area (Å²) in [6.45, 7) is 0.393. The minimum absolute atomic E-state index is 0.148. The summed E-state index contributed by atoms with van der Waals surface area (Å²) in [5.74, 6) is 0.0185. The van der Waals surface area contributed by atoms with Crippen LogP contribution in [0.25, 0.3) is 17.0 Å². The molecular weight excluding hydrogens is 319 g/mol. The van der Waals surface area contributed by atoms with E-state index in [1.165, 1.54) is 12.1 Å². The van der Waals surface area contributed by atoms with Crippen LogP contribution in [-0.4, -0.2) is 27.4 Å². The van der Waals surface area contributed by atoms with Crippen LogP contribution in [0.15, 0.2) is 48.8 Å². The molecule has 1 aromatic carbocycles. The number of nitrogens with two attached hydrogens (primary N) is 1. The Hall–Kier alpha value is -3.15. The van der Waals surface area contributed by atoms with Crippen molar-refractivity contribution in [1.29, 1.82) is 0 Å². The van der Waals surface area contributed by atoms with Gasteiger partial charge in [0.15, 0.2) is 0 Å². The average molecular weight is 338 g/mol. The molecule has 2 aromatic heterocycles. The van der Waals surface area contributed by atoms with Gasteiger partial charge in [0.1, 0.15) is 11.6 Å². The summed E-state index contributed by atoms with van der Waals surface area (Å²) in [4.78, 5) is 17.9. The van der Waals surface area contributed by atoms with Crippen LogP contribution in [0.3, 0.4) is 0 Å². The number of rotatable bonds is 4. The molecule has 1 amide bonds. The van der Waals surface area contributed by atoms with E-state index in [-0.39, 0.29) is 11.7 Å². The Morgan fingerprint density at radius 3 is 2.88 bits per heavy atom. The lowest BCUT2D eigenvalue weighted by atomic mass is 10.1. The molecule has 0 unspecified atom stereocenters. The van der Waals surface area contributed by atoms with E-state index in [1.807, 2.05) is 12.3 Å². The molecule has 6 heteroatoms. The fourth-order valence-electron chi connectivity index (χ4n) is 2.77. The van der Waals surface area contributed by atoms with Crippen LogP contribution in [-0.2, 0) is 18.4 Å². The van der Waals surface area contributed by atoms with Gasteiger partial charge in [0, 0.05) is 44.5 Å². The van der Waals surface area contributed by atoms with Crippen molar-refractivity contribution >= 4 is 28.7 Å². The first-order valence-electron chi connectivity index (χ1n) is 7.83. The first kappa shape index (κ1) is 16.7. The van der Waals surface area contributed by atoms with Crippen molar-refractivity contribution in [1.82, 2.24) is 14.5 Å². The molecule has 3 rings (SSSR count). The van der Waals surface area contributed by atoms with Crippen LogP contribution in [0.5, 0.6) is 0 Å². The maximum Gasteiger partial charge on any atom is 0.246 e. The van der Waals surface area contributed by atoms with Crippen LogP contribution < -0.4 is 5.73 Å². The van der Waals surface area contributed by atoms with E-state index in [1.54, 1.807) is 54.0 Å². The van der Waals surface area contributed by atoms with Crippen molar-refractivity contribution < 1.29 is 9.18 Å². The van der Waals surface area contributed by atoms with Crippen LogP contribution in [0, 0.1) is 5.82 Å². The quantitative estimate of drug-likeness (QED) is 0.744. The Morgan fingerprint density at radius 1 is 1.36 bits per heavy atom. The Balaban J connectivity index is 1.76. The largest absolute Gasteiger partial charge is 0.384 e. The summed E-state index contributed by atoms with van der Waals surface area (Å²) in [6, 6.07) is 8.45. The fraction of sp³-hybridized carbons (Fsp3) is 0.158. The fourth-order valence-corrected chi connectivity index (χ4v) is 2.77. The summed E-state index contributed by atoms with van der Waals surface area (Å²) in [7, 11) is 3.51. The molecule has 5 nitrogen and oxygen atoms in total. The van der Waals surface area contributed by atoms with E-state index in [9.17, 15) is 9.18 Å². The van der Waals surface area contributed by atoms with E-state index in [2.05, 4.69) is 4.98 Å². The van der Waals surface area contributed by atoms with Gasteiger partial charge >= 0.3 is 0 Å². The third-order valence-corrected chi connectivity index (χ3v) is 4.05. The summed E-state index contributed by atoms with van der Waals surface area (Å²) in [5.41, 5.74) is 7.77. The molecule has 0 aliphatic rings. The van der Waals surface area contributed by atoms with E-state index < -0.39 is 0 Å². The number of aromatic nitrogens is 2. The lowest BCUT2D eigenvalue weighted by Gasteiger charge is -2.14. The average Bonchev–Trinajstić information content (AvgIpc) is 2.91. The standard InChI is InChI=1S/C19H19FN4O/c1-23(18(25)9-7-13-6-8-17(21)22-10-13)11-14-12-24(2)19-15(14)4-3-5-16(19)20/h3-10,12H,11H2,1-2H3,(H2,21,22). The van der Waals surface area contributed by atoms with Crippen LogP contribution in [0.2, 0.25) is 0 Å². The number of para-hydroxylation sites is 1. The van der Waals surface area contributed by atoms with Crippen LogP contribution in [0.4, 0.5) is 10.2 Å². The number of hydrogen-bond acceptors (Lipinski definition) is 3. The minimum Gasteiger partial charge on any atom is -0.384 e. The molecule has 0 saturated heterocycles. The van der Waals surface area contributed by atoms with Gasteiger partial charge in [0.25, 0.3) is 0 Å². The van der Waals surface area contributed by atoms with Crippen molar-refractivity contribution in [2.24, 2.45) is 7.05 Å². The topological polar surface area (TPSA) is 64.2 Å². The van der Waals surface area contributed by atoms with Crippen molar-refractivity contribution in [3.63, 3.8) is 0 Å². The predicted molar refractivity (Wildman–Crippen MR) is 97.0 cm³/mol. The number of nitrogens with zero attached hydrogens (tertiary/aromatic N) is 3. The van der Waals surface area contributed by atoms with E-state index in [0.717, 1.165) is 16.5 Å². The normalized spacial score (nSPS) is 11.3. The molecular formula is C19H19FN4O. The van der Waals surface area contributed by atoms with Crippen molar-refractivity contribution in [3.8, 4) is 0 Å². The molecule has 0 spiro atoms. The molecule has 128 valence electrons. The molecule has 2 heterocycles. The summed E-state index contributed by atoms with van der Waals surface area (Å²) < 4.78 is 15.7. The van der Waals surface area contributed by atoms with E-state index in [0.29, 0.717) is 17.9 Å². The molecule has 3 aromatic rings. The molecule has 0 radical (unpaired) electrons. The second kappa shape index (κ2) is 6.76. The summed E-state index contributed by atoms with van der Waals surface area (Å²) >= 11 is 0. The lowest BCUT2D eigenvalue weighted by molar-refractivity contribution is -0.125. The number of fused-ring (bicyclic) bond motifs is 1. The van der Waals surface area contributed by atoms with E-state index in [4.69, 9.17) is 5.73 Å². The zero-order chi connectivity index (χ0) is 18.0. The first-order chi connectivity index (χ1) is 12.0. The Labute approximate surface area is 145 Å². The monoisotopic (exact) mass is 338 g/mol. The number of likely N-dealkylation sites (N-methyl/N-ethyl adjacent to an activating group) is 1. The molecule has 0 fully saturated rings. The van der Waals surface area contributed by atoms with Gasteiger partial charge in [-0.3, -0.25) is 4.79 Å². The highest BCUT2D eigenvalue weighted by atomic mass is 19.1. The maximum absolute atomic E-state index is 14.0. The van der Waals surface area contributed by atoms with Crippen LogP contribution in [0.1, 0.15) is 11.1 Å². The van der Waals surface area contributed by atoms with Gasteiger partial charge in [-0.2, -0.15) is 0 Å². The molecule has 0 saturated carbocycles. The minimum atomic E-state index is -0.268. The first-order valence-corrected chi connectivity index (χ1v) is 7.83. The predicted octanol–water partition coefficient (Wildman–Crippen LogP) is 2.97. The molecule has 0 atom stereocenters. The lowest BCUT2D eigenvalue weighted by Crippen LogP contribution is -2.24. The van der Waals surface area contributed by atoms with Crippen LogP contribution >= 0.6 is 0 Å². The van der Waals surface area contributed by atoms with Gasteiger partial charge in [-0.15, -0.1) is 0 Å². The number of pyridine rings is 1. The number of hydrogen-bond donors (Lipinski definition) is 1. The SMILES string of the molecule is CN(Cc1cn(C)c2c(F)cccc12)C(=O)C=Cc1ccc(N)nc1. The van der Waals surface area contributed by atoms with Crippen molar-refractivity contribution in [2.75, 3.05) is 12.8 Å². The Bertz CT molecular complexity index is 944. The van der Waals surface area contributed by atoms with Gasteiger partial charge in [-0.05, 0) is 35.4 Å². The summed E-state index contributed by atoms with van der Waals surface area (Å²) in [5, 5.41) is 0.814. The number of carbonyl (C=O) groups excluding carboxylic acids is 1. The zero-order valence-electron chi connectivity index (χ0n) is 14.1. The van der Waals surface area contributed by atoms with Gasteiger partial charge < -0.3 is 15.2 Å². The second-order valence-corrected chi connectivity index (χ2v) is 5.95. The highest BCUT2D eigenvalue weighted by Crippen LogP contribution is 2.24. The maximum atomic E-state index is 14.0. The van der Waals surface area contributed by atoms with E-state index >= 15 is 0 Å². The Morgan fingerprint density at radius 2 is 2.16 bits per heavy atom. The number of aryl methyl sites for hydroxylation is 1. The number of amides is 1.